The number of aliphatic hydroxyl groups is 1. The van der Waals surface area contributed by atoms with Crippen LogP contribution in [0.4, 0.5) is 0 Å². The van der Waals surface area contributed by atoms with Crippen molar-refractivity contribution in [1.29, 1.82) is 0 Å². The number of nitrogens with one attached hydrogen (secondary N) is 1. The van der Waals surface area contributed by atoms with Crippen molar-refractivity contribution in [2.75, 3.05) is 6.54 Å². The number of hydrogen-bond donors (Lipinski definition) is 2. The predicted molar refractivity (Wildman–Crippen MR) is 67.4 cm³/mol. The predicted octanol–water partition coefficient (Wildman–Crippen LogP) is 2.36. The second-order valence-electron chi connectivity index (χ2n) is 4.99. The maximum Gasteiger partial charge on any atom is 0.102 e. The van der Waals surface area contributed by atoms with Crippen LogP contribution in [-0.4, -0.2) is 17.8 Å². The number of rotatable bonds is 5. The molecule has 0 heterocycles. The Morgan fingerprint density at radius 3 is 2.59 bits per heavy atom. The summed E-state index contributed by atoms with van der Waals surface area (Å²) in [6.07, 6.45) is 5.07. The summed E-state index contributed by atoms with van der Waals surface area (Å²) in [5.74, 6) is 0. The first-order valence-electron chi connectivity index (χ1n) is 6.35. The fourth-order valence-corrected chi connectivity index (χ4v) is 2.21. The lowest BCUT2D eigenvalue weighted by atomic mass is 9.96. The summed E-state index contributed by atoms with van der Waals surface area (Å²) in [5, 5.41) is 10.3. The molecule has 3 heteroatoms. The summed E-state index contributed by atoms with van der Waals surface area (Å²) >= 11 is 0. The monoisotopic (exact) mass is 235 g/mol. The van der Waals surface area contributed by atoms with Gasteiger partial charge in [-0.15, -0.1) is 0 Å². The molecule has 0 radical (unpaired) electrons. The molecule has 2 rings (SSSR count). The van der Waals surface area contributed by atoms with Crippen molar-refractivity contribution in [1.82, 2.24) is 5.48 Å². The lowest BCUT2D eigenvalue weighted by molar-refractivity contribution is -0.0611. The lowest BCUT2D eigenvalue weighted by Crippen LogP contribution is -2.37. The van der Waals surface area contributed by atoms with Crippen molar-refractivity contribution < 1.29 is 9.94 Å². The van der Waals surface area contributed by atoms with Crippen LogP contribution in [0.3, 0.4) is 0 Å². The van der Waals surface area contributed by atoms with Crippen LogP contribution in [0.25, 0.3) is 0 Å². The van der Waals surface area contributed by atoms with Crippen molar-refractivity contribution in [3.63, 3.8) is 0 Å². The highest BCUT2D eigenvalue weighted by Crippen LogP contribution is 2.22. The Bertz CT molecular complexity index is 331. The molecule has 0 aliphatic heterocycles. The Labute approximate surface area is 103 Å². The fourth-order valence-electron chi connectivity index (χ4n) is 2.21. The molecule has 2 N–H and O–H groups in total. The van der Waals surface area contributed by atoms with Gasteiger partial charge in [0.2, 0.25) is 0 Å². The highest BCUT2D eigenvalue weighted by Gasteiger charge is 2.23. The Kier molecular flexibility index (Phi) is 4.15. The summed E-state index contributed by atoms with van der Waals surface area (Å²) in [6.45, 7) is 2.21. The largest absolute Gasteiger partial charge is 0.384 e. The van der Waals surface area contributed by atoms with Crippen LogP contribution in [0.1, 0.15) is 38.2 Å². The van der Waals surface area contributed by atoms with E-state index in [0.717, 1.165) is 18.4 Å². The first-order valence-corrected chi connectivity index (χ1v) is 6.35. The van der Waals surface area contributed by atoms with Gasteiger partial charge in [0.1, 0.15) is 5.60 Å². The minimum absolute atomic E-state index is 0.321. The highest BCUT2D eigenvalue weighted by molar-refractivity contribution is 5.21. The molecule has 1 atom stereocenters. The van der Waals surface area contributed by atoms with E-state index in [4.69, 9.17) is 4.84 Å². The van der Waals surface area contributed by atoms with Gasteiger partial charge in [-0.1, -0.05) is 43.2 Å². The van der Waals surface area contributed by atoms with Gasteiger partial charge in [-0.25, -0.2) is 0 Å². The molecule has 94 valence electrons. The summed E-state index contributed by atoms with van der Waals surface area (Å²) in [7, 11) is 0. The molecule has 1 fully saturated rings. The van der Waals surface area contributed by atoms with E-state index in [0.29, 0.717) is 12.6 Å². The van der Waals surface area contributed by atoms with E-state index < -0.39 is 5.60 Å². The molecule has 0 bridgehead atoms. The fraction of sp³-hybridized carbons (Fsp3) is 0.571. The highest BCUT2D eigenvalue weighted by atomic mass is 16.7. The van der Waals surface area contributed by atoms with Crippen molar-refractivity contribution in [2.45, 2.75) is 44.3 Å². The molecular formula is C14H21NO2. The van der Waals surface area contributed by atoms with Gasteiger partial charge in [-0.3, -0.25) is 4.84 Å². The van der Waals surface area contributed by atoms with Gasteiger partial charge < -0.3 is 5.11 Å². The van der Waals surface area contributed by atoms with Gasteiger partial charge in [0.15, 0.2) is 0 Å². The van der Waals surface area contributed by atoms with Crippen LogP contribution in [-0.2, 0) is 10.4 Å². The van der Waals surface area contributed by atoms with E-state index in [1.54, 1.807) is 6.92 Å². The van der Waals surface area contributed by atoms with Crippen LogP contribution < -0.4 is 5.48 Å². The summed E-state index contributed by atoms with van der Waals surface area (Å²) in [6, 6.07) is 9.67. The molecule has 1 saturated carbocycles. The normalized spacial score (nSPS) is 20.4. The molecule has 1 unspecified atom stereocenters. The molecule has 0 spiro atoms. The lowest BCUT2D eigenvalue weighted by Gasteiger charge is -2.25. The molecule has 1 aliphatic rings. The van der Waals surface area contributed by atoms with E-state index in [1.165, 1.54) is 12.8 Å². The third kappa shape index (κ3) is 3.53. The zero-order valence-corrected chi connectivity index (χ0v) is 10.4. The first kappa shape index (κ1) is 12.6. The Balaban J connectivity index is 1.80. The molecule has 1 aliphatic carbocycles. The second kappa shape index (κ2) is 5.63. The van der Waals surface area contributed by atoms with Crippen LogP contribution in [0.2, 0.25) is 0 Å². The zero-order valence-electron chi connectivity index (χ0n) is 10.4. The van der Waals surface area contributed by atoms with Crippen molar-refractivity contribution in [3.05, 3.63) is 35.9 Å². The van der Waals surface area contributed by atoms with Gasteiger partial charge in [0, 0.05) is 0 Å². The maximum atomic E-state index is 10.3. The van der Waals surface area contributed by atoms with Crippen molar-refractivity contribution in [2.24, 2.45) is 0 Å². The SMILES string of the molecule is CC(O)(CNOC1CCCC1)c1ccccc1. The molecule has 0 amide bonds. The Hall–Kier alpha value is -0.900. The van der Waals surface area contributed by atoms with E-state index in [1.807, 2.05) is 30.3 Å². The zero-order chi connectivity index (χ0) is 12.1. The van der Waals surface area contributed by atoms with Gasteiger partial charge in [0.05, 0.1) is 12.6 Å². The Morgan fingerprint density at radius 2 is 1.94 bits per heavy atom. The minimum atomic E-state index is -0.889. The third-order valence-corrected chi connectivity index (χ3v) is 3.36. The van der Waals surface area contributed by atoms with E-state index in [-0.39, 0.29) is 0 Å². The van der Waals surface area contributed by atoms with Crippen LogP contribution in [0.5, 0.6) is 0 Å². The third-order valence-electron chi connectivity index (χ3n) is 3.36. The van der Waals surface area contributed by atoms with Crippen LogP contribution in [0, 0.1) is 0 Å². The first-order chi connectivity index (χ1) is 8.18. The van der Waals surface area contributed by atoms with Gasteiger partial charge in [-0.05, 0) is 25.3 Å². The molecule has 0 aromatic heterocycles. The summed E-state index contributed by atoms with van der Waals surface area (Å²) in [5.41, 5.74) is 2.93. The minimum Gasteiger partial charge on any atom is -0.384 e. The average molecular weight is 235 g/mol. The molecule has 3 nitrogen and oxygen atoms in total. The standard InChI is InChI=1S/C14H21NO2/c1-14(16,12-7-3-2-4-8-12)11-15-17-13-9-5-6-10-13/h2-4,7-8,13,15-16H,5-6,9-11H2,1H3. The molecular weight excluding hydrogens is 214 g/mol. The number of hydroxylamine groups is 1. The summed E-state index contributed by atoms with van der Waals surface area (Å²) in [4.78, 5) is 5.55. The number of hydrogen-bond acceptors (Lipinski definition) is 3. The van der Waals surface area contributed by atoms with Crippen molar-refractivity contribution in [3.8, 4) is 0 Å². The second-order valence-corrected chi connectivity index (χ2v) is 4.99. The summed E-state index contributed by atoms with van der Waals surface area (Å²) < 4.78 is 0. The van der Waals surface area contributed by atoms with Gasteiger partial charge >= 0.3 is 0 Å². The van der Waals surface area contributed by atoms with Gasteiger partial charge in [0.25, 0.3) is 0 Å². The topological polar surface area (TPSA) is 41.5 Å². The van der Waals surface area contributed by atoms with E-state index in [2.05, 4.69) is 5.48 Å². The maximum absolute atomic E-state index is 10.3. The molecule has 17 heavy (non-hydrogen) atoms. The Morgan fingerprint density at radius 1 is 1.29 bits per heavy atom. The van der Waals surface area contributed by atoms with Crippen LogP contribution in [0.15, 0.2) is 30.3 Å². The molecule has 0 saturated heterocycles. The quantitative estimate of drug-likeness (QED) is 0.770. The van der Waals surface area contributed by atoms with Gasteiger partial charge in [-0.2, -0.15) is 5.48 Å². The number of benzene rings is 1. The molecule has 1 aromatic carbocycles. The molecule has 1 aromatic rings. The van der Waals surface area contributed by atoms with E-state index in [9.17, 15) is 5.11 Å². The average Bonchev–Trinajstić information content (AvgIpc) is 2.83. The smallest absolute Gasteiger partial charge is 0.102 e. The van der Waals surface area contributed by atoms with Crippen LogP contribution >= 0.6 is 0 Å². The van der Waals surface area contributed by atoms with E-state index >= 15 is 0 Å². The van der Waals surface area contributed by atoms with Crippen molar-refractivity contribution >= 4 is 0 Å².